The zero-order valence-electron chi connectivity index (χ0n) is 17.6. The van der Waals surface area contributed by atoms with Gasteiger partial charge in [0, 0.05) is 18.6 Å². The number of amides is 1. The first-order valence-electron chi connectivity index (χ1n) is 10.3. The molecule has 2 fully saturated rings. The molecule has 1 N–H and O–H groups in total. The number of methoxy groups -OCH3 is 1. The highest BCUT2D eigenvalue weighted by Crippen LogP contribution is 2.32. The lowest BCUT2D eigenvalue weighted by atomic mass is 9.78. The van der Waals surface area contributed by atoms with Gasteiger partial charge in [0.15, 0.2) is 0 Å². The summed E-state index contributed by atoms with van der Waals surface area (Å²) in [5, 5.41) is 3.17. The molecule has 1 saturated carbocycles. The van der Waals surface area contributed by atoms with Crippen molar-refractivity contribution in [3.8, 4) is 5.75 Å². The van der Waals surface area contributed by atoms with E-state index in [1.807, 2.05) is 0 Å². The molecule has 1 aliphatic carbocycles. The molecule has 0 spiro atoms. The molecule has 1 saturated heterocycles. The Bertz CT molecular complexity index is 825. The first kappa shape index (κ1) is 22.1. The van der Waals surface area contributed by atoms with Crippen LogP contribution < -0.4 is 10.1 Å². The van der Waals surface area contributed by atoms with Crippen LogP contribution in [-0.2, 0) is 26.0 Å². The Morgan fingerprint density at radius 3 is 2.55 bits per heavy atom. The van der Waals surface area contributed by atoms with Crippen molar-refractivity contribution in [2.45, 2.75) is 56.4 Å². The van der Waals surface area contributed by atoms with Gasteiger partial charge < -0.3 is 14.8 Å². The lowest BCUT2D eigenvalue weighted by Gasteiger charge is -2.37. The fourth-order valence-corrected chi connectivity index (χ4v) is 5.66. The second-order valence-corrected chi connectivity index (χ2v) is 10.4. The Balaban J connectivity index is 1.75. The number of hydrogen-bond acceptors (Lipinski definition) is 5. The average Bonchev–Trinajstić information content (AvgIpc) is 2.71. The molecule has 1 amide bonds. The highest BCUT2D eigenvalue weighted by molar-refractivity contribution is 7.89. The summed E-state index contributed by atoms with van der Waals surface area (Å²) in [5.74, 6) is 0.908. The number of hydrogen-bond donors (Lipinski definition) is 1. The summed E-state index contributed by atoms with van der Waals surface area (Å²) in [6.07, 6.45) is 4.31. The van der Waals surface area contributed by atoms with Gasteiger partial charge in [0.05, 0.1) is 26.7 Å². The largest absolute Gasteiger partial charge is 0.495 e. The molecule has 1 heterocycles. The molecule has 0 unspecified atom stereocenters. The molecule has 0 atom stereocenters. The second-order valence-electron chi connectivity index (χ2n) is 8.47. The Morgan fingerprint density at radius 2 is 1.93 bits per heavy atom. The maximum atomic E-state index is 13.1. The van der Waals surface area contributed by atoms with Crippen LogP contribution in [0.15, 0.2) is 23.1 Å². The molecule has 0 bridgehead atoms. The monoisotopic (exact) mass is 424 g/mol. The number of carbonyl (C=O) groups is 1. The molecule has 2 aliphatic rings. The van der Waals surface area contributed by atoms with E-state index < -0.39 is 10.0 Å². The summed E-state index contributed by atoms with van der Waals surface area (Å²) < 4.78 is 38.1. The highest BCUT2D eigenvalue weighted by atomic mass is 32.2. The van der Waals surface area contributed by atoms with Gasteiger partial charge >= 0.3 is 0 Å². The van der Waals surface area contributed by atoms with Crippen molar-refractivity contribution in [1.82, 2.24) is 9.62 Å². The minimum Gasteiger partial charge on any atom is -0.495 e. The molecule has 7 nitrogen and oxygen atoms in total. The predicted molar refractivity (Wildman–Crippen MR) is 110 cm³/mol. The van der Waals surface area contributed by atoms with E-state index in [0.29, 0.717) is 37.8 Å². The Kier molecular flexibility index (Phi) is 6.86. The third kappa shape index (κ3) is 5.29. The second kappa shape index (κ2) is 9.02. The molecule has 3 rings (SSSR count). The minimum absolute atomic E-state index is 0.0815. The zero-order valence-corrected chi connectivity index (χ0v) is 18.4. The zero-order chi connectivity index (χ0) is 21.1. The van der Waals surface area contributed by atoms with Crippen molar-refractivity contribution in [1.29, 1.82) is 0 Å². The van der Waals surface area contributed by atoms with Crippen LogP contribution >= 0.6 is 0 Å². The number of benzene rings is 1. The molecule has 1 aliphatic heterocycles. The predicted octanol–water partition coefficient (Wildman–Crippen LogP) is 2.34. The molecule has 0 aromatic heterocycles. The van der Waals surface area contributed by atoms with E-state index in [0.717, 1.165) is 25.7 Å². The van der Waals surface area contributed by atoms with E-state index in [1.165, 1.54) is 11.4 Å². The Morgan fingerprint density at radius 1 is 1.28 bits per heavy atom. The fraction of sp³-hybridized carbons (Fsp3) is 0.667. The topological polar surface area (TPSA) is 84.9 Å². The number of rotatable bonds is 6. The maximum Gasteiger partial charge on any atom is 0.246 e. The summed E-state index contributed by atoms with van der Waals surface area (Å²) in [4.78, 5) is 12.8. The van der Waals surface area contributed by atoms with Crippen LogP contribution in [0.5, 0.6) is 5.75 Å². The third-order valence-corrected chi connectivity index (χ3v) is 7.92. The van der Waals surface area contributed by atoms with Crippen molar-refractivity contribution < 1.29 is 22.7 Å². The summed E-state index contributed by atoms with van der Waals surface area (Å²) >= 11 is 0. The third-order valence-electron chi connectivity index (χ3n) is 6.00. The average molecular weight is 425 g/mol. The molecule has 0 radical (unpaired) electrons. The van der Waals surface area contributed by atoms with Crippen molar-refractivity contribution >= 4 is 15.9 Å². The first-order valence-corrected chi connectivity index (χ1v) is 11.7. The standard InChI is InChI=1S/C21H32N2O5S/c1-16-6-8-21(2,9-7-16)22-20(24)15-17-4-5-18(27-3)19(14-17)29(25,26)23-10-12-28-13-11-23/h4-5,14,16H,6-13,15H2,1-3H3,(H,22,24). The minimum atomic E-state index is -3.71. The van der Waals surface area contributed by atoms with Gasteiger partial charge in [0.2, 0.25) is 15.9 Å². The molecule has 1 aromatic rings. The van der Waals surface area contributed by atoms with Crippen LogP contribution in [-0.4, -0.2) is 57.6 Å². The van der Waals surface area contributed by atoms with Crippen LogP contribution in [0.3, 0.4) is 0 Å². The van der Waals surface area contributed by atoms with Crippen molar-refractivity contribution in [3.05, 3.63) is 23.8 Å². The number of nitrogens with one attached hydrogen (secondary N) is 1. The number of carbonyl (C=O) groups excluding carboxylic acids is 1. The summed E-state index contributed by atoms with van der Waals surface area (Å²) in [5.41, 5.74) is 0.474. The number of morpholine rings is 1. The molecule has 29 heavy (non-hydrogen) atoms. The molecule has 8 heteroatoms. The highest BCUT2D eigenvalue weighted by Gasteiger charge is 2.32. The SMILES string of the molecule is COc1ccc(CC(=O)NC2(C)CCC(C)CC2)cc1S(=O)(=O)N1CCOCC1. The van der Waals surface area contributed by atoms with E-state index in [4.69, 9.17) is 9.47 Å². The summed E-state index contributed by atoms with van der Waals surface area (Å²) in [6.45, 7) is 5.72. The van der Waals surface area contributed by atoms with Gasteiger partial charge in [-0.2, -0.15) is 4.31 Å². The smallest absolute Gasteiger partial charge is 0.246 e. The summed E-state index contributed by atoms with van der Waals surface area (Å²) in [7, 11) is -2.26. The molecule has 1 aromatic carbocycles. The lowest BCUT2D eigenvalue weighted by Crippen LogP contribution is -2.48. The van der Waals surface area contributed by atoms with Gasteiger partial charge in [-0.05, 0) is 56.2 Å². The normalized spacial score (nSPS) is 26.1. The molecular weight excluding hydrogens is 392 g/mol. The van der Waals surface area contributed by atoms with Crippen molar-refractivity contribution in [2.75, 3.05) is 33.4 Å². The van der Waals surface area contributed by atoms with Crippen LogP contribution in [0, 0.1) is 5.92 Å². The fourth-order valence-electron chi connectivity index (χ4n) is 4.05. The van der Waals surface area contributed by atoms with Crippen LogP contribution in [0.2, 0.25) is 0 Å². The van der Waals surface area contributed by atoms with Crippen LogP contribution in [0.4, 0.5) is 0 Å². The number of sulfonamides is 1. The van der Waals surface area contributed by atoms with Gasteiger partial charge in [0.1, 0.15) is 10.6 Å². The van der Waals surface area contributed by atoms with Crippen molar-refractivity contribution in [2.24, 2.45) is 5.92 Å². The summed E-state index contributed by atoms with van der Waals surface area (Å²) in [6, 6.07) is 4.94. The first-order chi connectivity index (χ1) is 13.7. The maximum absolute atomic E-state index is 13.1. The Labute approximate surface area is 173 Å². The van der Waals surface area contributed by atoms with E-state index in [2.05, 4.69) is 19.2 Å². The number of ether oxygens (including phenoxy) is 2. The van der Waals surface area contributed by atoms with Gasteiger partial charge in [-0.15, -0.1) is 0 Å². The Hall–Kier alpha value is -1.64. The lowest BCUT2D eigenvalue weighted by molar-refractivity contribution is -0.122. The van der Waals surface area contributed by atoms with E-state index in [1.54, 1.807) is 18.2 Å². The van der Waals surface area contributed by atoms with Gasteiger partial charge in [0.25, 0.3) is 0 Å². The van der Waals surface area contributed by atoms with E-state index >= 15 is 0 Å². The van der Waals surface area contributed by atoms with E-state index in [9.17, 15) is 13.2 Å². The van der Waals surface area contributed by atoms with Gasteiger partial charge in [-0.25, -0.2) is 8.42 Å². The molecular formula is C21H32N2O5S. The number of nitrogens with zero attached hydrogens (tertiary/aromatic N) is 1. The van der Waals surface area contributed by atoms with E-state index in [-0.39, 0.29) is 28.5 Å². The van der Waals surface area contributed by atoms with Crippen LogP contribution in [0.25, 0.3) is 0 Å². The van der Waals surface area contributed by atoms with Gasteiger partial charge in [-0.3, -0.25) is 4.79 Å². The van der Waals surface area contributed by atoms with Crippen LogP contribution in [0.1, 0.15) is 45.1 Å². The molecule has 162 valence electrons. The quantitative estimate of drug-likeness (QED) is 0.758. The van der Waals surface area contributed by atoms with Crippen molar-refractivity contribution in [3.63, 3.8) is 0 Å². The van der Waals surface area contributed by atoms with Gasteiger partial charge in [-0.1, -0.05) is 13.0 Å².